The molecule has 0 unspecified atom stereocenters. The topological polar surface area (TPSA) is 50.9 Å². The fourth-order valence-electron chi connectivity index (χ4n) is 1.09. The second-order valence-corrected chi connectivity index (χ2v) is 3.65. The smallest absolute Gasteiger partial charge is 0.122 e. The molecule has 0 saturated heterocycles. The number of aromatic nitrogens is 1. The van der Waals surface area contributed by atoms with Crippen molar-refractivity contribution in [3.8, 4) is 0 Å². The molecule has 3 nitrogen and oxygen atoms in total. The molecule has 13 heavy (non-hydrogen) atoms. The maximum atomic E-state index is 5.43. The van der Waals surface area contributed by atoms with Crippen molar-refractivity contribution >= 4 is 22.9 Å². The van der Waals surface area contributed by atoms with E-state index in [4.69, 9.17) is 18.0 Å². The average Bonchev–Trinajstić information content (AvgIpc) is 2.89. The minimum Gasteiger partial charge on any atom is -0.388 e. The third-order valence-corrected chi connectivity index (χ3v) is 2.17. The molecule has 0 amide bonds. The summed E-state index contributed by atoms with van der Waals surface area (Å²) in [4.78, 5) is 4.48. The van der Waals surface area contributed by atoms with Crippen LogP contribution in [0.25, 0.3) is 0 Å². The lowest BCUT2D eigenvalue weighted by molar-refractivity contribution is 1.14. The minimum absolute atomic E-state index is 0.345. The Balaban J connectivity index is 2.08. The maximum Gasteiger partial charge on any atom is 0.122 e. The van der Waals surface area contributed by atoms with Crippen LogP contribution >= 0.6 is 12.2 Å². The SMILES string of the molecule is NC(=S)c1ccc(NC2CC2)cn1. The highest BCUT2D eigenvalue weighted by Crippen LogP contribution is 2.23. The number of pyridine rings is 1. The summed E-state index contributed by atoms with van der Waals surface area (Å²) in [5.74, 6) is 0. The standard InChI is InChI=1S/C9H11N3S/c10-9(13)8-4-3-7(5-11-8)12-6-1-2-6/h3-6,12H,1-2H2,(H2,10,13). The molecule has 4 heteroatoms. The number of nitrogens with zero attached hydrogens (tertiary/aromatic N) is 1. The van der Waals surface area contributed by atoms with Crippen molar-refractivity contribution in [2.45, 2.75) is 18.9 Å². The summed E-state index contributed by atoms with van der Waals surface area (Å²) in [6.07, 6.45) is 4.29. The van der Waals surface area contributed by atoms with Crippen LogP contribution < -0.4 is 11.1 Å². The van der Waals surface area contributed by atoms with E-state index in [-0.39, 0.29) is 0 Å². The molecule has 0 spiro atoms. The van der Waals surface area contributed by atoms with Gasteiger partial charge in [0.15, 0.2) is 0 Å². The zero-order valence-electron chi connectivity index (χ0n) is 7.16. The second-order valence-electron chi connectivity index (χ2n) is 3.21. The summed E-state index contributed by atoms with van der Waals surface area (Å²) < 4.78 is 0. The van der Waals surface area contributed by atoms with Crippen LogP contribution in [0.15, 0.2) is 18.3 Å². The van der Waals surface area contributed by atoms with Crippen LogP contribution in [-0.4, -0.2) is 16.0 Å². The van der Waals surface area contributed by atoms with Gasteiger partial charge in [-0.05, 0) is 25.0 Å². The Morgan fingerprint density at radius 3 is 2.77 bits per heavy atom. The maximum absolute atomic E-state index is 5.43. The molecule has 0 radical (unpaired) electrons. The van der Waals surface area contributed by atoms with Crippen molar-refractivity contribution < 1.29 is 0 Å². The largest absolute Gasteiger partial charge is 0.388 e. The molecule has 1 aliphatic carbocycles. The molecule has 0 aliphatic heterocycles. The van der Waals surface area contributed by atoms with E-state index in [1.54, 1.807) is 6.20 Å². The third-order valence-electron chi connectivity index (χ3n) is 1.96. The molecule has 0 aromatic carbocycles. The van der Waals surface area contributed by atoms with Gasteiger partial charge in [0.2, 0.25) is 0 Å². The van der Waals surface area contributed by atoms with Gasteiger partial charge in [0.1, 0.15) is 4.99 Å². The van der Waals surface area contributed by atoms with Gasteiger partial charge in [-0.25, -0.2) is 0 Å². The number of thiocarbonyl (C=S) groups is 1. The highest BCUT2D eigenvalue weighted by molar-refractivity contribution is 7.80. The van der Waals surface area contributed by atoms with Gasteiger partial charge in [-0.2, -0.15) is 0 Å². The summed E-state index contributed by atoms with van der Waals surface area (Å²) in [6, 6.07) is 4.45. The first-order chi connectivity index (χ1) is 6.25. The summed E-state index contributed by atoms with van der Waals surface area (Å²) in [6.45, 7) is 0. The van der Waals surface area contributed by atoms with Gasteiger partial charge in [0.05, 0.1) is 17.6 Å². The minimum atomic E-state index is 0.345. The lowest BCUT2D eigenvalue weighted by atomic mass is 10.3. The molecule has 0 bridgehead atoms. The highest BCUT2D eigenvalue weighted by Gasteiger charge is 2.20. The Kier molecular flexibility index (Phi) is 2.14. The zero-order chi connectivity index (χ0) is 9.26. The van der Waals surface area contributed by atoms with E-state index >= 15 is 0 Å². The number of hydrogen-bond donors (Lipinski definition) is 2. The molecule has 1 aliphatic rings. The molecule has 0 atom stereocenters. The van der Waals surface area contributed by atoms with E-state index in [1.807, 2.05) is 12.1 Å². The number of nitrogens with one attached hydrogen (secondary N) is 1. The lowest BCUT2D eigenvalue weighted by Crippen LogP contribution is -2.11. The van der Waals surface area contributed by atoms with Crippen molar-refractivity contribution in [1.82, 2.24) is 4.98 Å². The first kappa shape index (κ1) is 8.44. The molecule has 1 heterocycles. The first-order valence-corrected chi connectivity index (χ1v) is 4.69. The lowest BCUT2D eigenvalue weighted by Gasteiger charge is -2.03. The molecule has 68 valence electrons. The zero-order valence-corrected chi connectivity index (χ0v) is 7.97. The van der Waals surface area contributed by atoms with Crippen molar-refractivity contribution in [2.75, 3.05) is 5.32 Å². The molecule has 1 fully saturated rings. The monoisotopic (exact) mass is 193 g/mol. The number of rotatable bonds is 3. The Hall–Kier alpha value is -1.16. The molecule has 1 saturated carbocycles. The number of anilines is 1. The Morgan fingerprint density at radius 1 is 1.54 bits per heavy atom. The quantitative estimate of drug-likeness (QED) is 0.710. The molecule has 3 N–H and O–H groups in total. The van der Waals surface area contributed by atoms with Crippen molar-refractivity contribution in [3.05, 3.63) is 24.0 Å². The first-order valence-electron chi connectivity index (χ1n) is 4.28. The Bertz CT molecular complexity index is 316. The molecule has 1 aromatic rings. The summed E-state index contributed by atoms with van der Waals surface area (Å²) in [5.41, 5.74) is 7.15. The number of hydrogen-bond acceptors (Lipinski definition) is 3. The van der Waals surface area contributed by atoms with E-state index < -0.39 is 0 Å². The van der Waals surface area contributed by atoms with Crippen molar-refractivity contribution in [2.24, 2.45) is 5.73 Å². The predicted molar refractivity (Wildman–Crippen MR) is 56.8 cm³/mol. The molecule has 1 aromatic heterocycles. The van der Waals surface area contributed by atoms with Gasteiger partial charge in [-0.1, -0.05) is 12.2 Å². The fraction of sp³-hybridized carbons (Fsp3) is 0.333. The van der Waals surface area contributed by atoms with Crippen molar-refractivity contribution in [3.63, 3.8) is 0 Å². The molecule has 2 rings (SSSR count). The van der Waals surface area contributed by atoms with Gasteiger partial charge < -0.3 is 11.1 Å². The van der Waals surface area contributed by atoms with Gasteiger partial charge >= 0.3 is 0 Å². The van der Waals surface area contributed by atoms with Gasteiger partial charge in [0.25, 0.3) is 0 Å². The fourth-order valence-corrected chi connectivity index (χ4v) is 1.21. The van der Waals surface area contributed by atoms with E-state index in [9.17, 15) is 0 Å². The van der Waals surface area contributed by atoms with Crippen LogP contribution in [0, 0.1) is 0 Å². The highest BCUT2D eigenvalue weighted by atomic mass is 32.1. The van der Waals surface area contributed by atoms with Crippen LogP contribution in [0.2, 0.25) is 0 Å². The van der Waals surface area contributed by atoms with E-state index in [0.29, 0.717) is 16.7 Å². The molecular formula is C9H11N3S. The van der Waals surface area contributed by atoms with Crippen LogP contribution in [0.5, 0.6) is 0 Å². The summed E-state index contributed by atoms with van der Waals surface area (Å²) in [7, 11) is 0. The summed E-state index contributed by atoms with van der Waals surface area (Å²) >= 11 is 4.80. The predicted octanol–water partition coefficient (Wildman–Crippen LogP) is 1.29. The van der Waals surface area contributed by atoms with Crippen LogP contribution in [0.3, 0.4) is 0 Å². The van der Waals surface area contributed by atoms with Crippen LogP contribution in [0.4, 0.5) is 5.69 Å². The summed E-state index contributed by atoms with van der Waals surface area (Å²) in [5, 5.41) is 3.34. The van der Waals surface area contributed by atoms with Crippen LogP contribution in [0.1, 0.15) is 18.5 Å². The van der Waals surface area contributed by atoms with E-state index in [2.05, 4.69) is 10.3 Å². The molecular weight excluding hydrogens is 182 g/mol. The Morgan fingerprint density at radius 2 is 2.31 bits per heavy atom. The number of nitrogens with two attached hydrogens (primary N) is 1. The van der Waals surface area contributed by atoms with Gasteiger partial charge in [-0.15, -0.1) is 0 Å². The van der Waals surface area contributed by atoms with E-state index in [1.165, 1.54) is 12.8 Å². The van der Waals surface area contributed by atoms with Gasteiger partial charge in [-0.3, -0.25) is 4.98 Å². The van der Waals surface area contributed by atoms with Gasteiger partial charge in [0, 0.05) is 6.04 Å². The van der Waals surface area contributed by atoms with Crippen molar-refractivity contribution in [1.29, 1.82) is 0 Å². The second kappa shape index (κ2) is 3.30. The third kappa shape index (κ3) is 2.15. The Labute approximate surface area is 82.4 Å². The van der Waals surface area contributed by atoms with E-state index in [0.717, 1.165) is 5.69 Å². The van der Waals surface area contributed by atoms with Crippen LogP contribution in [-0.2, 0) is 0 Å². The normalized spacial score (nSPS) is 15.4. The average molecular weight is 193 g/mol.